The molecular formula is C8H9N3O2. The zero-order valence-corrected chi connectivity index (χ0v) is 7.07. The van der Waals surface area contributed by atoms with Crippen LogP contribution in [-0.4, -0.2) is 17.7 Å². The third kappa shape index (κ3) is 2.02. The molecule has 0 atom stereocenters. The summed E-state index contributed by atoms with van der Waals surface area (Å²) in [4.78, 5) is 9.90. The largest absolute Gasteiger partial charge is 0.393 e. The Morgan fingerprint density at radius 2 is 2.31 bits per heavy atom. The molecule has 13 heavy (non-hydrogen) atoms. The molecule has 1 rings (SSSR count). The lowest BCUT2D eigenvalue weighted by atomic mass is 10.1. The first kappa shape index (κ1) is 9.18. The van der Waals surface area contributed by atoms with Gasteiger partial charge in [0.05, 0.1) is 10.6 Å². The molecule has 0 saturated carbocycles. The van der Waals surface area contributed by atoms with Gasteiger partial charge in [0.15, 0.2) is 0 Å². The van der Waals surface area contributed by atoms with E-state index in [0.717, 1.165) is 0 Å². The Morgan fingerprint density at radius 3 is 2.85 bits per heavy atom. The maximum absolute atomic E-state index is 10.4. The lowest BCUT2D eigenvalue weighted by Gasteiger charge is -2.04. The van der Waals surface area contributed by atoms with Crippen molar-refractivity contribution in [2.45, 2.75) is 0 Å². The summed E-state index contributed by atoms with van der Waals surface area (Å²) in [5.74, 6) is 0. The van der Waals surface area contributed by atoms with E-state index in [1.54, 1.807) is 13.2 Å². The number of nitro groups is 1. The highest BCUT2D eigenvalue weighted by molar-refractivity contribution is 6.09. The molecule has 1 aliphatic carbocycles. The fourth-order valence-electron chi connectivity index (χ4n) is 0.939. The van der Waals surface area contributed by atoms with Crippen LogP contribution in [0.3, 0.4) is 0 Å². The predicted octanol–water partition coefficient (Wildman–Crippen LogP) is 0.840. The summed E-state index contributed by atoms with van der Waals surface area (Å²) in [6, 6.07) is 0. The molecular weight excluding hydrogens is 170 g/mol. The van der Waals surface area contributed by atoms with E-state index in [-0.39, 0.29) is 11.4 Å². The molecule has 1 aliphatic rings. The van der Waals surface area contributed by atoms with E-state index in [0.29, 0.717) is 5.57 Å². The zero-order chi connectivity index (χ0) is 9.84. The molecule has 5 heteroatoms. The van der Waals surface area contributed by atoms with Crippen LogP contribution in [0.5, 0.6) is 0 Å². The van der Waals surface area contributed by atoms with E-state index >= 15 is 0 Å². The van der Waals surface area contributed by atoms with Gasteiger partial charge in [-0.25, -0.2) is 0 Å². The van der Waals surface area contributed by atoms with Crippen LogP contribution in [0.2, 0.25) is 0 Å². The smallest absolute Gasteiger partial charge is 0.270 e. The second-order valence-corrected chi connectivity index (χ2v) is 2.46. The topological polar surface area (TPSA) is 79.0 Å². The second kappa shape index (κ2) is 3.66. The van der Waals surface area contributed by atoms with Gasteiger partial charge in [0.25, 0.3) is 5.70 Å². The minimum absolute atomic E-state index is 0.00231. The molecule has 0 aromatic heterocycles. The molecule has 0 heterocycles. The number of hydrogen-bond donors (Lipinski definition) is 2. The highest BCUT2D eigenvalue weighted by atomic mass is 16.6. The standard InChI is InChI=1S/C8H9N3O2/c1-10-5-6-4-7(11(12)13)2-3-8(6)9/h2-5,9-10H,1H3/b6-5-,9-8?. The Hall–Kier alpha value is -1.91. The van der Waals surface area contributed by atoms with Gasteiger partial charge in [0.2, 0.25) is 0 Å². The SMILES string of the molecule is CN/C=C1/C=C([N+](=O)[O-])C=CC1=N. The van der Waals surface area contributed by atoms with Crippen molar-refractivity contribution in [3.05, 3.63) is 45.8 Å². The molecule has 68 valence electrons. The van der Waals surface area contributed by atoms with Crippen molar-refractivity contribution in [3.8, 4) is 0 Å². The van der Waals surface area contributed by atoms with Crippen molar-refractivity contribution < 1.29 is 4.92 Å². The minimum atomic E-state index is -0.480. The van der Waals surface area contributed by atoms with Crippen LogP contribution in [0.25, 0.3) is 0 Å². The maximum Gasteiger partial charge on any atom is 0.270 e. The van der Waals surface area contributed by atoms with E-state index in [9.17, 15) is 10.1 Å². The van der Waals surface area contributed by atoms with Gasteiger partial charge in [-0.15, -0.1) is 0 Å². The summed E-state index contributed by atoms with van der Waals surface area (Å²) in [6.07, 6.45) is 5.63. The molecule has 0 aromatic rings. The van der Waals surface area contributed by atoms with Crippen molar-refractivity contribution in [1.29, 1.82) is 5.41 Å². The maximum atomic E-state index is 10.4. The molecule has 0 aliphatic heterocycles. The average Bonchev–Trinajstić information content (AvgIpc) is 2.08. The molecule has 0 aromatic carbocycles. The number of hydrogen-bond acceptors (Lipinski definition) is 4. The Labute approximate surface area is 75.1 Å². The van der Waals surface area contributed by atoms with E-state index in [1.165, 1.54) is 18.2 Å². The van der Waals surface area contributed by atoms with Crippen LogP contribution in [-0.2, 0) is 0 Å². The van der Waals surface area contributed by atoms with Crippen molar-refractivity contribution in [3.63, 3.8) is 0 Å². The van der Waals surface area contributed by atoms with Gasteiger partial charge >= 0.3 is 0 Å². The Kier molecular flexibility index (Phi) is 2.59. The number of nitrogens with zero attached hydrogens (tertiary/aromatic N) is 1. The van der Waals surface area contributed by atoms with E-state index in [2.05, 4.69) is 5.32 Å². The third-order valence-electron chi connectivity index (χ3n) is 1.55. The summed E-state index contributed by atoms with van der Waals surface area (Å²) in [5, 5.41) is 20.5. The van der Waals surface area contributed by atoms with Gasteiger partial charge in [0, 0.05) is 31.0 Å². The van der Waals surface area contributed by atoms with Crippen LogP contribution in [0, 0.1) is 15.5 Å². The summed E-state index contributed by atoms with van der Waals surface area (Å²) in [7, 11) is 1.68. The Balaban J connectivity index is 3.00. The Bertz CT molecular complexity index is 339. The van der Waals surface area contributed by atoms with Crippen molar-refractivity contribution >= 4 is 5.71 Å². The molecule has 0 amide bonds. The first-order chi connectivity index (χ1) is 6.15. The van der Waals surface area contributed by atoms with Gasteiger partial charge < -0.3 is 10.7 Å². The minimum Gasteiger partial charge on any atom is -0.393 e. The highest BCUT2D eigenvalue weighted by Crippen LogP contribution is 2.12. The molecule has 0 fully saturated rings. The van der Waals surface area contributed by atoms with Crippen LogP contribution in [0.1, 0.15) is 0 Å². The summed E-state index contributed by atoms with van der Waals surface area (Å²) in [6.45, 7) is 0. The first-order valence-corrected chi connectivity index (χ1v) is 3.65. The van der Waals surface area contributed by atoms with Gasteiger partial charge in [-0.05, 0) is 6.08 Å². The van der Waals surface area contributed by atoms with Crippen LogP contribution >= 0.6 is 0 Å². The second-order valence-electron chi connectivity index (χ2n) is 2.46. The number of nitrogens with one attached hydrogen (secondary N) is 2. The molecule has 5 nitrogen and oxygen atoms in total. The monoisotopic (exact) mass is 179 g/mol. The Morgan fingerprint density at radius 1 is 1.62 bits per heavy atom. The fourth-order valence-corrected chi connectivity index (χ4v) is 0.939. The molecule has 0 spiro atoms. The van der Waals surface area contributed by atoms with Crippen LogP contribution < -0.4 is 5.32 Å². The summed E-state index contributed by atoms with van der Waals surface area (Å²) < 4.78 is 0. The molecule has 2 N–H and O–H groups in total. The quantitative estimate of drug-likeness (QED) is 0.487. The molecule has 0 radical (unpaired) electrons. The normalized spacial score (nSPS) is 18.7. The highest BCUT2D eigenvalue weighted by Gasteiger charge is 2.14. The van der Waals surface area contributed by atoms with E-state index in [4.69, 9.17) is 5.41 Å². The van der Waals surface area contributed by atoms with Gasteiger partial charge in [-0.3, -0.25) is 10.1 Å². The van der Waals surface area contributed by atoms with Crippen LogP contribution in [0.4, 0.5) is 0 Å². The van der Waals surface area contributed by atoms with Crippen LogP contribution in [0.15, 0.2) is 35.7 Å². The fraction of sp³-hybridized carbons (Fsp3) is 0.125. The molecule has 0 unspecified atom stereocenters. The molecule has 0 bridgehead atoms. The zero-order valence-electron chi connectivity index (χ0n) is 7.07. The van der Waals surface area contributed by atoms with Crippen molar-refractivity contribution in [2.75, 3.05) is 7.05 Å². The summed E-state index contributed by atoms with van der Waals surface area (Å²) in [5.41, 5.74) is 0.772. The first-order valence-electron chi connectivity index (χ1n) is 3.65. The van der Waals surface area contributed by atoms with E-state index < -0.39 is 4.92 Å². The number of rotatable bonds is 2. The third-order valence-corrected chi connectivity index (χ3v) is 1.55. The van der Waals surface area contributed by atoms with Crippen molar-refractivity contribution in [1.82, 2.24) is 5.32 Å². The van der Waals surface area contributed by atoms with Gasteiger partial charge in [-0.2, -0.15) is 0 Å². The van der Waals surface area contributed by atoms with Crippen molar-refractivity contribution in [2.24, 2.45) is 0 Å². The van der Waals surface area contributed by atoms with Gasteiger partial charge in [0.1, 0.15) is 0 Å². The predicted molar refractivity (Wildman–Crippen MR) is 49.1 cm³/mol. The average molecular weight is 179 g/mol. The number of allylic oxidation sites excluding steroid dienone is 4. The van der Waals surface area contributed by atoms with E-state index in [1.807, 2.05) is 0 Å². The lowest BCUT2D eigenvalue weighted by Crippen LogP contribution is -2.08. The summed E-state index contributed by atoms with van der Waals surface area (Å²) >= 11 is 0. The van der Waals surface area contributed by atoms with Gasteiger partial charge in [-0.1, -0.05) is 0 Å². The lowest BCUT2D eigenvalue weighted by molar-refractivity contribution is -0.419. The molecule has 0 saturated heterocycles.